The molecule has 1 heterocycles. The molecule has 1 saturated heterocycles. The first-order chi connectivity index (χ1) is 9.02. The molecule has 0 radical (unpaired) electrons. The fourth-order valence-electron chi connectivity index (χ4n) is 2.34. The van der Waals surface area contributed by atoms with E-state index in [0.717, 1.165) is 16.9 Å². The van der Waals surface area contributed by atoms with Gasteiger partial charge in [0.15, 0.2) is 0 Å². The highest BCUT2D eigenvalue weighted by atomic mass is 16.6. The molecule has 0 bridgehead atoms. The zero-order chi connectivity index (χ0) is 14.0. The maximum absolute atomic E-state index is 11.8. The Morgan fingerprint density at radius 2 is 2.05 bits per heavy atom. The third kappa shape index (κ3) is 2.78. The number of benzene rings is 1. The zero-order valence-corrected chi connectivity index (χ0v) is 11.4. The topological polar surface area (TPSA) is 52.6 Å². The van der Waals surface area contributed by atoms with Gasteiger partial charge in [-0.1, -0.05) is 26.0 Å². The van der Waals surface area contributed by atoms with Crippen LogP contribution < -0.4 is 4.74 Å². The average molecular weight is 262 g/mol. The molecule has 102 valence electrons. The molecule has 1 atom stereocenters. The van der Waals surface area contributed by atoms with Gasteiger partial charge in [0.2, 0.25) is 0 Å². The standard InChI is InChI=1S/C15H18O4/c1-9(2)12-8-10(4-6-13(12)18-3)11-5-7-14(16)19-15(11)17/h4,6,8-9,11H,5,7H2,1-3H3. The number of hydrogen-bond acceptors (Lipinski definition) is 4. The smallest absolute Gasteiger partial charge is 0.321 e. The highest BCUT2D eigenvalue weighted by Crippen LogP contribution is 2.33. The second-order valence-corrected chi connectivity index (χ2v) is 5.04. The minimum absolute atomic E-state index is 0.291. The number of methoxy groups -OCH3 is 1. The molecule has 0 spiro atoms. The van der Waals surface area contributed by atoms with Crippen molar-refractivity contribution in [1.82, 2.24) is 0 Å². The maximum atomic E-state index is 11.8. The lowest BCUT2D eigenvalue weighted by Gasteiger charge is -2.21. The Morgan fingerprint density at radius 1 is 1.32 bits per heavy atom. The van der Waals surface area contributed by atoms with E-state index in [0.29, 0.717) is 18.8 Å². The van der Waals surface area contributed by atoms with E-state index in [4.69, 9.17) is 9.47 Å². The molecule has 0 N–H and O–H groups in total. The molecule has 1 aliphatic rings. The number of rotatable bonds is 3. The van der Waals surface area contributed by atoms with Crippen molar-refractivity contribution in [2.45, 2.75) is 38.5 Å². The Kier molecular flexibility index (Phi) is 3.88. The zero-order valence-electron chi connectivity index (χ0n) is 11.4. The highest BCUT2D eigenvalue weighted by Gasteiger charge is 2.30. The summed E-state index contributed by atoms with van der Waals surface area (Å²) < 4.78 is 10.0. The number of esters is 2. The lowest BCUT2D eigenvalue weighted by atomic mass is 9.89. The van der Waals surface area contributed by atoms with E-state index in [2.05, 4.69) is 13.8 Å². The van der Waals surface area contributed by atoms with Crippen molar-refractivity contribution in [2.24, 2.45) is 0 Å². The van der Waals surface area contributed by atoms with E-state index in [1.807, 2.05) is 18.2 Å². The van der Waals surface area contributed by atoms with Gasteiger partial charge in [0.1, 0.15) is 5.75 Å². The van der Waals surface area contributed by atoms with Crippen LogP contribution in [0.1, 0.15) is 49.7 Å². The van der Waals surface area contributed by atoms with E-state index >= 15 is 0 Å². The van der Waals surface area contributed by atoms with Gasteiger partial charge >= 0.3 is 11.9 Å². The van der Waals surface area contributed by atoms with Gasteiger partial charge in [-0.2, -0.15) is 0 Å². The second kappa shape index (κ2) is 5.43. The Balaban J connectivity index is 2.33. The molecular weight excluding hydrogens is 244 g/mol. The molecule has 0 aliphatic carbocycles. The van der Waals surface area contributed by atoms with Crippen molar-refractivity contribution in [3.8, 4) is 5.75 Å². The highest BCUT2D eigenvalue weighted by molar-refractivity contribution is 5.92. The number of hydrogen-bond donors (Lipinski definition) is 0. The number of carbonyl (C=O) groups is 2. The first-order valence-electron chi connectivity index (χ1n) is 6.45. The molecule has 0 aromatic heterocycles. The fraction of sp³-hybridized carbons (Fsp3) is 0.467. The largest absolute Gasteiger partial charge is 0.496 e. The van der Waals surface area contributed by atoms with Crippen LogP contribution in [-0.2, 0) is 14.3 Å². The molecule has 1 aliphatic heterocycles. The van der Waals surface area contributed by atoms with Crippen LogP contribution in [0.2, 0.25) is 0 Å². The molecule has 2 rings (SSSR count). The monoisotopic (exact) mass is 262 g/mol. The van der Waals surface area contributed by atoms with E-state index in [-0.39, 0.29) is 5.92 Å². The van der Waals surface area contributed by atoms with Crippen molar-refractivity contribution in [1.29, 1.82) is 0 Å². The summed E-state index contributed by atoms with van der Waals surface area (Å²) in [5, 5.41) is 0. The second-order valence-electron chi connectivity index (χ2n) is 5.04. The molecule has 1 aromatic rings. The van der Waals surface area contributed by atoms with Gasteiger partial charge in [0.05, 0.1) is 13.0 Å². The van der Waals surface area contributed by atoms with Crippen molar-refractivity contribution < 1.29 is 19.1 Å². The lowest BCUT2D eigenvalue weighted by Crippen LogP contribution is -2.26. The average Bonchev–Trinajstić information content (AvgIpc) is 2.38. The lowest BCUT2D eigenvalue weighted by molar-refractivity contribution is -0.164. The first kappa shape index (κ1) is 13.6. The SMILES string of the molecule is COc1ccc(C2CCC(=O)OC2=O)cc1C(C)C. The normalized spacial score (nSPS) is 19.5. The van der Waals surface area contributed by atoms with Gasteiger partial charge in [0, 0.05) is 6.42 Å². The summed E-state index contributed by atoms with van der Waals surface area (Å²) in [5.41, 5.74) is 1.95. The molecule has 1 unspecified atom stereocenters. The number of cyclic esters (lactones) is 2. The van der Waals surface area contributed by atoms with E-state index in [1.165, 1.54) is 0 Å². The van der Waals surface area contributed by atoms with E-state index in [9.17, 15) is 9.59 Å². The summed E-state index contributed by atoms with van der Waals surface area (Å²) in [6.45, 7) is 4.15. The van der Waals surface area contributed by atoms with Crippen LogP contribution in [0, 0.1) is 0 Å². The van der Waals surface area contributed by atoms with Gasteiger partial charge in [-0.25, -0.2) is 0 Å². The summed E-state index contributed by atoms with van der Waals surface area (Å²) >= 11 is 0. The molecule has 0 amide bonds. The minimum Gasteiger partial charge on any atom is -0.496 e. The van der Waals surface area contributed by atoms with Gasteiger partial charge in [-0.3, -0.25) is 9.59 Å². The number of ether oxygens (including phenoxy) is 2. The fourth-order valence-corrected chi connectivity index (χ4v) is 2.34. The Morgan fingerprint density at radius 3 is 2.63 bits per heavy atom. The molecule has 4 heteroatoms. The van der Waals surface area contributed by atoms with E-state index in [1.54, 1.807) is 7.11 Å². The molecule has 4 nitrogen and oxygen atoms in total. The summed E-state index contributed by atoms with van der Waals surface area (Å²) in [4.78, 5) is 22.8. The molecule has 1 aromatic carbocycles. The van der Waals surface area contributed by atoms with Crippen LogP contribution in [0.4, 0.5) is 0 Å². The van der Waals surface area contributed by atoms with Crippen molar-refractivity contribution >= 4 is 11.9 Å². The quantitative estimate of drug-likeness (QED) is 0.621. The van der Waals surface area contributed by atoms with Crippen molar-refractivity contribution in [2.75, 3.05) is 7.11 Å². The Hall–Kier alpha value is -1.84. The van der Waals surface area contributed by atoms with Gasteiger partial charge in [-0.15, -0.1) is 0 Å². The van der Waals surface area contributed by atoms with Crippen molar-refractivity contribution in [3.05, 3.63) is 29.3 Å². The van der Waals surface area contributed by atoms with Crippen LogP contribution in [0.5, 0.6) is 5.75 Å². The summed E-state index contributed by atoms with van der Waals surface area (Å²) in [7, 11) is 1.63. The van der Waals surface area contributed by atoms with E-state index < -0.39 is 11.9 Å². The van der Waals surface area contributed by atoms with Crippen LogP contribution >= 0.6 is 0 Å². The van der Waals surface area contributed by atoms with Crippen molar-refractivity contribution in [3.63, 3.8) is 0 Å². The third-order valence-corrected chi connectivity index (χ3v) is 3.41. The molecular formula is C15H18O4. The number of carbonyl (C=O) groups excluding carboxylic acids is 2. The van der Waals surface area contributed by atoms with Crippen LogP contribution in [0.3, 0.4) is 0 Å². The summed E-state index contributed by atoms with van der Waals surface area (Å²) in [6, 6.07) is 5.71. The van der Waals surface area contributed by atoms with Gasteiger partial charge < -0.3 is 9.47 Å². The van der Waals surface area contributed by atoms with Gasteiger partial charge in [-0.05, 0) is 29.5 Å². The van der Waals surface area contributed by atoms with Crippen LogP contribution in [-0.4, -0.2) is 19.0 Å². The molecule has 19 heavy (non-hydrogen) atoms. The van der Waals surface area contributed by atoms with Crippen LogP contribution in [0.25, 0.3) is 0 Å². The Labute approximate surface area is 112 Å². The predicted molar refractivity (Wildman–Crippen MR) is 70.2 cm³/mol. The summed E-state index contributed by atoms with van der Waals surface area (Å²) in [5.74, 6) is -0.105. The molecule has 0 saturated carbocycles. The summed E-state index contributed by atoms with van der Waals surface area (Å²) in [6.07, 6.45) is 0.807. The predicted octanol–water partition coefficient (Wildman–Crippen LogP) is 2.77. The van der Waals surface area contributed by atoms with Crippen LogP contribution in [0.15, 0.2) is 18.2 Å². The minimum atomic E-state index is -0.448. The third-order valence-electron chi connectivity index (χ3n) is 3.41. The first-order valence-corrected chi connectivity index (χ1v) is 6.45. The maximum Gasteiger partial charge on any atom is 0.321 e. The Bertz CT molecular complexity index is 505. The van der Waals surface area contributed by atoms with Gasteiger partial charge in [0.25, 0.3) is 0 Å². The molecule has 1 fully saturated rings.